The van der Waals surface area contributed by atoms with E-state index in [0.717, 1.165) is 16.8 Å². The first-order valence-corrected chi connectivity index (χ1v) is 9.64. The number of oxazole rings is 1. The number of aromatic nitrogens is 1. The Labute approximate surface area is 139 Å². The van der Waals surface area contributed by atoms with E-state index in [1.165, 1.54) is 0 Å². The zero-order chi connectivity index (χ0) is 16.7. The molecule has 3 N–H and O–H groups in total. The Kier molecular flexibility index (Phi) is 3.70. The maximum Gasteiger partial charge on any atom is 0.298 e. The van der Waals surface area contributed by atoms with Crippen LogP contribution in [0.1, 0.15) is 18.4 Å². The second kappa shape index (κ2) is 5.76. The Morgan fingerprint density at radius 2 is 2.00 bits per heavy atom. The minimum absolute atomic E-state index is 0.0714. The van der Waals surface area contributed by atoms with Crippen LogP contribution >= 0.6 is 10.6 Å². The first-order valence-electron chi connectivity index (χ1n) is 7.75. The Balaban J connectivity index is 1.59. The molecular weight excluding hydrogens is 332 g/mol. The van der Waals surface area contributed by atoms with Crippen molar-refractivity contribution in [1.29, 1.82) is 0 Å². The maximum atomic E-state index is 11.2. The number of carbonyl (C=O) groups is 1. The summed E-state index contributed by atoms with van der Waals surface area (Å²) >= 11 is 0. The SMILES string of the molecule is O=C1CCC(c2ccc3nc(N4CCS(O)(O)CC4)oc3c2)=NN1. The molecule has 0 atom stereocenters. The van der Waals surface area contributed by atoms with Crippen LogP contribution in [-0.2, 0) is 4.79 Å². The number of nitrogens with zero attached hydrogens (tertiary/aromatic N) is 3. The van der Waals surface area contributed by atoms with Gasteiger partial charge in [-0.15, -0.1) is 0 Å². The number of amides is 1. The molecule has 0 aliphatic carbocycles. The van der Waals surface area contributed by atoms with Crippen LogP contribution in [0.5, 0.6) is 0 Å². The summed E-state index contributed by atoms with van der Waals surface area (Å²) in [5.74, 6) is 0.610. The molecule has 8 nitrogen and oxygen atoms in total. The molecule has 2 aliphatic heterocycles. The van der Waals surface area contributed by atoms with Crippen LogP contribution < -0.4 is 10.3 Å². The Morgan fingerprint density at radius 3 is 2.71 bits per heavy atom. The molecule has 0 radical (unpaired) electrons. The third-order valence-corrected chi connectivity index (χ3v) is 5.93. The molecule has 3 heterocycles. The highest BCUT2D eigenvalue weighted by Gasteiger charge is 2.25. The Bertz CT molecular complexity index is 822. The van der Waals surface area contributed by atoms with Crippen LogP contribution in [0, 0.1) is 0 Å². The van der Waals surface area contributed by atoms with E-state index in [2.05, 4.69) is 15.5 Å². The van der Waals surface area contributed by atoms with Crippen molar-refractivity contribution in [2.75, 3.05) is 29.5 Å². The lowest BCUT2D eigenvalue weighted by atomic mass is 10.0. The van der Waals surface area contributed by atoms with Crippen molar-refractivity contribution in [1.82, 2.24) is 10.4 Å². The molecule has 0 spiro atoms. The largest absolute Gasteiger partial charge is 0.423 e. The van der Waals surface area contributed by atoms with Gasteiger partial charge >= 0.3 is 0 Å². The predicted octanol–water partition coefficient (Wildman–Crippen LogP) is 2.01. The fraction of sp³-hybridized carbons (Fsp3) is 0.400. The van der Waals surface area contributed by atoms with E-state index in [1.807, 2.05) is 23.1 Å². The van der Waals surface area contributed by atoms with Gasteiger partial charge in [0.1, 0.15) is 5.52 Å². The molecule has 1 saturated heterocycles. The zero-order valence-corrected chi connectivity index (χ0v) is 13.8. The quantitative estimate of drug-likeness (QED) is 0.764. The summed E-state index contributed by atoms with van der Waals surface area (Å²) in [7, 11) is -2.44. The van der Waals surface area contributed by atoms with E-state index < -0.39 is 10.6 Å². The number of nitrogens with one attached hydrogen (secondary N) is 1. The molecule has 1 fully saturated rings. The van der Waals surface area contributed by atoms with Crippen molar-refractivity contribution in [3.05, 3.63) is 23.8 Å². The summed E-state index contributed by atoms with van der Waals surface area (Å²) in [5.41, 5.74) is 5.61. The van der Waals surface area contributed by atoms with Crippen LogP contribution in [-0.4, -0.2) is 50.3 Å². The molecule has 1 aromatic carbocycles. The molecule has 24 heavy (non-hydrogen) atoms. The average Bonchev–Trinajstić information content (AvgIpc) is 2.98. The molecule has 128 valence electrons. The third kappa shape index (κ3) is 2.97. The van der Waals surface area contributed by atoms with Crippen molar-refractivity contribution >= 4 is 39.3 Å². The van der Waals surface area contributed by atoms with Crippen LogP contribution in [0.3, 0.4) is 0 Å². The van der Waals surface area contributed by atoms with Crippen LogP contribution in [0.2, 0.25) is 0 Å². The van der Waals surface area contributed by atoms with Gasteiger partial charge in [-0.3, -0.25) is 13.9 Å². The second-order valence-corrected chi connectivity index (χ2v) is 8.39. The van der Waals surface area contributed by atoms with Crippen LogP contribution in [0.15, 0.2) is 27.7 Å². The molecule has 2 aromatic rings. The van der Waals surface area contributed by atoms with Gasteiger partial charge in [0.05, 0.1) is 17.2 Å². The average molecular weight is 350 g/mol. The van der Waals surface area contributed by atoms with E-state index in [9.17, 15) is 13.9 Å². The maximum absolute atomic E-state index is 11.2. The lowest BCUT2D eigenvalue weighted by Crippen LogP contribution is -2.38. The van der Waals surface area contributed by atoms with E-state index >= 15 is 0 Å². The standard InChI is InChI=1S/C15H18N4O4S/c20-14-4-3-11(17-18-14)10-1-2-12-13(9-10)23-15(16-12)19-5-7-24(21,22)8-6-19/h1-2,9,21-22H,3-8H2,(H,18,20). The number of benzene rings is 1. The van der Waals surface area contributed by atoms with Crippen molar-refractivity contribution in [3.8, 4) is 0 Å². The highest BCUT2D eigenvalue weighted by molar-refractivity contribution is 8.24. The normalized spacial score (nSPS) is 22.2. The molecule has 9 heteroatoms. The molecule has 1 amide bonds. The van der Waals surface area contributed by atoms with E-state index in [4.69, 9.17) is 4.42 Å². The van der Waals surface area contributed by atoms with Crippen molar-refractivity contribution in [2.24, 2.45) is 5.10 Å². The first kappa shape index (κ1) is 15.4. The number of anilines is 1. The zero-order valence-electron chi connectivity index (χ0n) is 12.9. The first-order chi connectivity index (χ1) is 11.5. The minimum Gasteiger partial charge on any atom is -0.423 e. The van der Waals surface area contributed by atoms with Gasteiger partial charge in [0.15, 0.2) is 5.58 Å². The smallest absolute Gasteiger partial charge is 0.298 e. The van der Waals surface area contributed by atoms with Crippen molar-refractivity contribution in [2.45, 2.75) is 12.8 Å². The summed E-state index contributed by atoms with van der Waals surface area (Å²) in [4.78, 5) is 17.6. The molecule has 0 bridgehead atoms. The van der Waals surface area contributed by atoms with Gasteiger partial charge in [-0.05, 0) is 12.1 Å². The fourth-order valence-corrected chi connectivity index (χ4v) is 4.06. The Hall–Kier alpha value is -2.10. The van der Waals surface area contributed by atoms with Crippen molar-refractivity contribution < 1.29 is 18.3 Å². The van der Waals surface area contributed by atoms with Gasteiger partial charge < -0.3 is 9.32 Å². The second-order valence-electron chi connectivity index (χ2n) is 5.97. The number of carbonyl (C=O) groups excluding carboxylic acids is 1. The minimum atomic E-state index is -2.44. The van der Waals surface area contributed by atoms with Gasteiger partial charge in [0.2, 0.25) is 5.91 Å². The van der Waals surface area contributed by atoms with E-state index in [-0.39, 0.29) is 5.91 Å². The number of hydrogen-bond acceptors (Lipinski definition) is 7. The third-order valence-electron chi connectivity index (χ3n) is 4.26. The van der Waals surface area contributed by atoms with Gasteiger partial charge in [0.25, 0.3) is 6.01 Å². The molecule has 0 unspecified atom stereocenters. The van der Waals surface area contributed by atoms with Crippen molar-refractivity contribution in [3.63, 3.8) is 0 Å². The fourth-order valence-electron chi connectivity index (χ4n) is 2.83. The van der Waals surface area contributed by atoms with Gasteiger partial charge in [-0.2, -0.15) is 20.7 Å². The topological polar surface area (TPSA) is 111 Å². The van der Waals surface area contributed by atoms with Gasteiger partial charge in [0, 0.05) is 31.5 Å². The highest BCUT2D eigenvalue weighted by Crippen LogP contribution is 2.41. The summed E-state index contributed by atoms with van der Waals surface area (Å²) in [6, 6.07) is 6.15. The lowest BCUT2D eigenvalue weighted by Gasteiger charge is -2.40. The molecule has 0 saturated carbocycles. The summed E-state index contributed by atoms with van der Waals surface area (Å²) in [5, 5.41) is 4.09. The van der Waals surface area contributed by atoms with Gasteiger partial charge in [-0.25, -0.2) is 5.43 Å². The van der Waals surface area contributed by atoms with E-state index in [1.54, 1.807) is 0 Å². The highest BCUT2D eigenvalue weighted by atomic mass is 32.3. The Morgan fingerprint density at radius 1 is 1.21 bits per heavy atom. The molecular formula is C15H18N4O4S. The molecule has 1 aromatic heterocycles. The summed E-state index contributed by atoms with van der Waals surface area (Å²) < 4.78 is 25.2. The number of hydrazone groups is 1. The number of hydrogen-bond donors (Lipinski definition) is 3. The monoisotopic (exact) mass is 350 g/mol. The van der Waals surface area contributed by atoms with Gasteiger partial charge in [-0.1, -0.05) is 6.07 Å². The van der Waals surface area contributed by atoms with Crippen LogP contribution in [0.25, 0.3) is 11.1 Å². The summed E-state index contributed by atoms with van der Waals surface area (Å²) in [6.45, 7) is 1.03. The number of rotatable bonds is 2. The van der Waals surface area contributed by atoms with E-state index in [0.29, 0.717) is 49.0 Å². The number of fused-ring (bicyclic) bond motifs is 1. The lowest BCUT2D eigenvalue weighted by molar-refractivity contribution is -0.121. The predicted molar refractivity (Wildman–Crippen MR) is 92.7 cm³/mol. The van der Waals surface area contributed by atoms with Crippen LogP contribution in [0.4, 0.5) is 6.01 Å². The molecule has 2 aliphatic rings. The summed E-state index contributed by atoms with van der Waals surface area (Å²) in [6.07, 6.45) is 1.03. The molecule has 4 rings (SSSR count).